The second kappa shape index (κ2) is 21.3. The lowest BCUT2D eigenvalue weighted by atomic mass is 9.82. The van der Waals surface area contributed by atoms with E-state index in [9.17, 15) is 34.5 Å². The summed E-state index contributed by atoms with van der Waals surface area (Å²) in [6.07, 6.45) is -6.89. The van der Waals surface area contributed by atoms with Crippen LogP contribution in [0.5, 0.6) is 0 Å². The van der Waals surface area contributed by atoms with E-state index in [0.29, 0.717) is 19.1 Å². The molecule has 16 atom stereocenters. The Morgan fingerprint density at radius 2 is 1.73 bits per heavy atom. The Kier molecular flexibility index (Phi) is 18.1. The second-order valence-corrected chi connectivity index (χ2v) is 15.7. The van der Waals surface area contributed by atoms with Gasteiger partial charge in [0.05, 0.1) is 36.9 Å². The highest BCUT2D eigenvalue weighted by atomic mass is 16.7. The SMILES string of the molecule is CCCC(=O)O[C@H]1[C@H](C)O[C@@H](O[C@H]2[C@H](N(C)C)[C@@H](O)[C@H](OC3[C@@H](CC=O)C[C@@H](C)[C@@H](O)/C=C/C[C@@H](C)OC(=O)C[C@@H](OC(C)=O)[C@@H]3OC)O[C@@H]2C)C[C@@]1(C)O. The molecule has 3 aliphatic rings. The number of esters is 3. The van der Waals surface area contributed by atoms with Gasteiger partial charge in [-0.25, -0.2) is 0 Å². The Morgan fingerprint density at radius 1 is 1.04 bits per heavy atom. The molecule has 3 aliphatic heterocycles. The van der Waals surface area contributed by atoms with Crippen molar-refractivity contribution in [1.29, 1.82) is 0 Å². The van der Waals surface area contributed by atoms with E-state index in [4.69, 9.17) is 37.9 Å². The van der Waals surface area contributed by atoms with Gasteiger partial charge in [0.25, 0.3) is 0 Å². The number of hydrogen-bond donors (Lipinski definition) is 3. The molecule has 16 nitrogen and oxygen atoms in total. The summed E-state index contributed by atoms with van der Waals surface area (Å²) in [4.78, 5) is 51.7. The Balaban J connectivity index is 1.96. The summed E-state index contributed by atoms with van der Waals surface area (Å²) in [5, 5.41) is 34.4. The molecule has 0 aromatic carbocycles. The van der Waals surface area contributed by atoms with Gasteiger partial charge in [-0.05, 0) is 66.5 Å². The number of hydrogen-bond acceptors (Lipinski definition) is 16. The maximum Gasteiger partial charge on any atom is 0.309 e. The molecule has 0 spiro atoms. The van der Waals surface area contributed by atoms with Crippen molar-refractivity contribution in [1.82, 2.24) is 4.90 Å². The Hall–Kier alpha value is -2.54. The minimum absolute atomic E-state index is 0.0380. The van der Waals surface area contributed by atoms with Crippen molar-refractivity contribution < 1.29 is 72.4 Å². The first-order valence-electron chi connectivity index (χ1n) is 19.4. The molecule has 1 unspecified atom stereocenters. The zero-order chi connectivity index (χ0) is 41.2. The van der Waals surface area contributed by atoms with Crippen LogP contribution in [-0.4, -0.2) is 151 Å². The summed E-state index contributed by atoms with van der Waals surface area (Å²) in [6, 6.07) is -0.770. The number of carbonyl (C=O) groups excluding carboxylic acids is 4. The summed E-state index contributed by atoms with van der Waals surface area (Å²) in [6.45, 7) is 11.6. The van der Waals surface area contributed by atoms with Crippen molar-refractivity contribution in [2.75, 3.05) is 21.2 Å². The predicted octanol–water partition coefficient (Wildman–Crippen LogP) is 2.21. The molecule has 316 valence electrons. The Bertz CT molecular complexity index is 1280. The number of carbonyl (C=O) groups is 4. The molecule has 3 N–H and O–H groups in total. The largest absolute Gasteiger partial charge is 0.462 e. The molecule has 2 fully saturated rings. The van der Waals surface area contributed by atoms with E-state index in [-0.39, 0.29) is 38.0 Å². The molecule has 0 aromatic heterocycles. The number of cyclic esters (lactones) is 1. The molecule has 55 heavy (non-hydrogen) atoms. The van der Waals surface area contributed by atoms with E-state index in [0.717, 1.165) is 0 Å². The van der Waals surface area contributed by atoms with Gasteiger partial charge in [-0.15, -0.1) is 0 Å². The average molecular weight is 788 g/mol. The van der Waals surface area contributed by atoms with Crippen LogP contribution in [0.15, 0.2) is 12.2 Å². The average Bonchev–Trinajstić information content (AvgIpc) is 3.07. The van der Waals surface area contributed by atoms with E-state index in [2.05, 4.69) is 0 Å². The number of likely N-dealkylation sites (N-methyl/N-ethyl adjacent to an activating group) is 1. The van der Waals surface area contributed by atoms with Gasteiger partial charge >= 0.3 is 17.9 Å². The number of aliphatic hydroxyl groups excluding tert-OH is 2. The second-order valence-electron chi connectivity index (χ2n) is 15.7. The van der Waals surface area contributed by atoms with Gasteiger partial charge in [0, 0.05) is 39.7 Å². The van der Waals surface area contributed by atoms with Gasteiger partial charge in [-0.3, -0.25) is 14.4 Å². The smallest absolute Gasteiger partial charge is 0.309 e. The number of methoxy groups -OCH3 is 1. The standard InChI is InChI=1S/C39H65NO15/c1-11-13-29(44)53-37-24(5)50-31(20-39(37,7)47)54-34-23(4)51-38(33(46)32(34)40(8)9)55-35-26(16-17-41)18-21(2)27(43)15-12-14-22(3)49-30(45)19-28(36(35)48-10)52-25(6)42/h12,15,17,21-24,26-28,31-38,43,46-47H,11,13-14,16,18-20H2,1-10H3/b15-12+/t21-,22-,23-,24+,26+,27+,28-,31+,32-,33-,34-,35?,36+,37+,38+,39-/m1/s1. The highest BCUT2D eigenvalue weighted by molar-refractivity contribution is 5.72. The molecular formula is C39H65NO15. The normalized spacial score (nSPS) is 41.4. The summed E-state index contributed by atoms with van der Waals surface area (Å²) in [7, 11) is 4.85. The van der Waals surface area contributed by atoms with Gasteiger partial charge < -0.3 is 62.9 Å². The Morgan fingerprint density at radius 3 is 2.31 bits per heavy atom. The van der Waals surface area contributed by atoms with E-state index in [1.807, 2.05) is 13.8 Å². The van der Waals surface area contributed by atoms with Crippen molar-refractivity contribution in [2.24, 2.45) is 11.8 Å². The molecule has 3 heterocycles. The summed E-state index contributed by atoms with van der Waals surface area (Å²) >= 11 is 0. The first kappa shape index (κ1) is 46.8. The molecule has 0 amide bonds. The van der Waals surface area contributed by atoms with Crippen LogP contribution in [0.2, 0.25) is 0 Å². The fourth-order valence-corrected chi connectivity index (χ4v) is 7.84. The van der Waals surface area contributed by atoms with Crippen molar-refractivity contribution >= 4 is 24.2 Å². The molecule has 0 aromatic rings. The lowest BCUT2D eigenvalue weighted by Gasteiger charge is -2.50. The van der Waals surface area contributed by atoms with Crippen LogP contribution >= 0.6 is 0 Å². The number of nitrogens with zero attached hydrogens (tertiary/aromatic N) is 1. The highest BCUT2D eigenvalue weighted by Crippen LogP contribution is 2.38. The molecule has 3 rings (SSSR count). The zero-order valence-electron chi connectivity index (χ0n) is 34.0. The number of ether oxygens (including phenoxy) is 8. The van der Waals surface area contributed by atoms with Crippen LogP contribution in [0, 0.1) is 11.8 Å². The zero-order valence-corrected chi connectivity index (χ0v) is 34.0. The monoisotopic (exact) mass is 787 g/mol. The fourth-order valence-electron chi connectivity index (χ4n) is 7.84. The van der Waals surface area contributed by atoms with Crippen LogP contribution < -0.4 is 0 Å². The van der Waals surface area contributed by atoms with Crippen molar-refractivity contribution in [3.63, 3.8) is 0 Å². The highest BCUT2D eigenvalue weighted by Gasteiger charge is 2.53. The molecular weight excluding hydrogens is 722 g/mol. The molecule has 0 saturated carbocycles. The summed E-state index contributed by atoms with van der Waals surface area (Å²) in [5.41, 5.74) is -1.49. The third kappa shape index (κ3) is 13.0. The third-order valence-electron chi connectivity index (χ3n) is 10.6. The van der Waals surface area contributed by atoms with Crippen LogP contribution in [0.1, 0.15) is 93.4 Å². The van der Waals surface area contributed by atoms with Gasteiger partial charge in [-0.2, -0.15) is 0 Å². The number of rotatable bonds is 12. The maximum atomic E-state index is 13.1. The fraction of sp³-hybridized carbons (Fsp3) is 0.846. The van der Waals surface area contributed by atoms with Gasteiger partial charge in [0.2, 0.25) is 0 Å². The Labute approximate surface area is 325 Å². The minimum Gasteiger partial charge on any atom is -0.462 e. The van der Waals surface area contributed by atoms with Crippen LogP contribution in [0.25, 0.3) is 0 Å². The lowest BCUT2D eigenvalue weighted by molar-refractivity contribution is -0.344. The van der Waals surface area contributed by atoms with Crippen molar-refractivity contribution in [3.05, 3.63) is 12.2 Å². The van der Waals surface area contributed by atoms with E-state index in [1.54, 1.807) is 58.8 Å². The van der Waals surface area contributed by atoms with Gasteiger partial charge in [-0.1, -0.05) is 26.0 Å². The van der Waals surface area contributed by atoms with Gasteiger partial charge in [0.1, 0.15) is 42.4 Å². The molecule has 16 heteroatoms. The van der Waals surface area contributed by atoms with E-state index < -0.39 is 109 Å². The number of aldehydes is 1. The molecule has 0 radical (unpaired) electrons. The lowest BCUT2D eigenvalue weighted by Crippen LogP contribution is -2.66. The minimum atomic E-state index is -1.49. The predicted molar refractivity (Wildman–Crippen MR) is 196 cm³/mol. The topological polar surface area (TPSA) is 206 Å². The van der Waals surface area contributed by atoms with Crippen LogP contribution in [0.4, 0.5) is 0 Å². The third-order valence-corrected chi connectivity index (χ3v) is 10.6. The number of aliphatic hydroxyl groups is 3. The van der Waals surface area contributed by atoms with Crippen LogP contribution in [-0.2, 0) is 57.1 Å². The molecule has 2 saturated heterocycles. The van der Waals surface area contributed by atoms with Crippen molar-refractivity contribution in [2.45, 2.75) is 179 Å². The van der Waals surface area contributed by atoms with E-state index in [1.165, 1.54) is 14.0 Å². The van der Waals surface area contributed by atoms with E-state index >= 15 is 0 Å². The van der Waals surface area contributed by atoms with Crippen LogP contribution in [0.3, 0.4) is 0 Å². The first-order valence-corrected chi connectivity index (χ1v) is 19.4. The maximum absolute atomic E-state index is 13.1. The summed E-state index contributed by atoms with van der Waals surface area (Å²) in [5.74, 6) is -2.84. The summed E-state index contributed by atoms with van der Waals surface area (Å²) < 4.78 is 48.2. The molecule has 0 bridgehead atoms. The van der Waals surface area contributed by atoms with Gasteiger partial charge in [0.15, 0.2) is 18.7 Å². The molecule has 0 aliphatic carbocycles. The first-order chi connectivity index (χ1) is 25.8. The quantitative estimate of drug-likeness (QED) is 0.112. The van der Waals surface area contributed by atoms with Crippen molar-refractivity contribution in [3.8, 4) is 0 Å².